The number of hydrogen-bond donors (Lipinski definition) is 0. The normalized spacial score (nSPS) is 28.9. The summed E-state index contributed by atoms with van der Waals surface area (Å²) in [7, 11) is 0. The molecule has 2 atom stereocenters. The minimum Gasteiger partial charge on any atom is -0.458 e. The average Bonchev–Trinajstić information content (AvgIpc) is 2.33. The van der Waals surface area contributed by atoms with Crippen LogP contribution >= 0.6 is 0 Å². The van der Waals surface area contributed by atoms with E-state index < -0.39 is 12.0 Å². The van der Waals surface area contributed by atoms with Gasteiger partial charge in [-0.25, -0.2) is 0 Å². The minimum atomic E-state index is -0.664. The van der Waals surface area contributed by atoms with Crippen LogP contribution < -0.4 is 0 Å². The molecule has 58 valence electrons. The van der Waals surface area contributed by atoms with Crippen LogP contribution in [0.4, 0.5) is 0 Å². The molecule has 0 saturated carbocycles. The lowest BCUT2D eigenvalue weighted by Crippen LogP contribution is -2.09. The Morgan fingerprint density at radius 2 is 2.64 bits per heavy atom. The number of esters is 1. The first-order valence-electron chi connectivity index (χ1n) is 3.15. The van der Waals surface area contributed by atoms with Crippen LogP contribution in [-0.4, -0.2) is 18.1 Å². The molecule has 0 aromatic rings. The van der Waals surface area contributed by atoms with E-state index in [0.717, 1.165) is 0 Å². The Morgan fingerprint density at radius 1 is 1.91 bits per heavy atom. The molecule has 0 spiro atoms. The highest BCUT2D eigenvalue weighted by Crippen LogP contribution is 2.18. The third-order valence-electron chi connectivity index (χ3n) is 1.45. The molecule has 0 N–H and O–H groups in total. The number of ether oxygens (including phenoxy) is 1. The van der Waals surface area contributed by atoms with Crippen molar-refractivity contribution < 1.29 is 9.53 Å². The summed E-state index contributed by atoms with van der Waals surface area (Å²) in [5.41, 5.74) is 8.03. The van der Waals surface area contributed by atoms with Crippen molar-refractivity contribution in [3.05, 3.63) is 23.1 Å². The molecule has 0 aromatic heterocycles. The van der Waals surface area contributed by atoms with E-state index in [1.807, 2.05) is 0 Å². The number of nitrogens with zero attached hydrogens (tertiary/aromatic N) is 3. The van der Waals surface area contributed by atoms with Crippen molar-refractivity contribution in [1.29, 1.82) is 0 Å². The second-order valence-corrected chi connectivity index (χ2v) is 2.17. The minimum absolute atomic E-state index is 0.294. The molecule has 1 saturated heterocycles. The van der Waals surface area contributed by atoms with E-state index in [0.29, 0.717) is 6.42 Å². The summed E-state index contributed by atoms with van der Waals surface area (Å²) >= 11 is 0. The Bertz CT molecular complexity index is 232. The van der Waals surface area contributed by atoms with Gasteiger partial charge in [-0.3, -0.25) is 4.79 Å². The molecular weight excluding hydrogens is 146 g/mol. The van der Waals surface area contributed by atoms with E-state index in [1.54, 1.807) is 0 Å². The summed E-state index contributed by atoms with van der Waals surface area (Å²) in [6, 6.07) is -0.664. The Morgan fingerprint density at radius 3 is 3.09 bits per heavy atom. The third-order valence-corrected chi connectivity index (χ3v) is 1.45. The highest BCUT2D eigenvalue weighted by molar-refractivity contribution is 5.78. The standard InChI is InChI=1S/C6H7N3O2/c1-2-4-3-5(8-9-7)6(10)11-4/h2,4-5H,1,3H2/t4-,5+/m0/s1. The number of rotatable bonds is 2. The molecule has 0 aliphatic carbocycles. The number of cyclic esters (lactones) is 1. The van der Waals surface area contributed by atoms with Gasteiger partial charge in [0.25, 0.3) is 0 Å². The van der Waals surface area contributed by atoms with Crippen molar-refractivity contribution in [2.45, 2.75) is 18.6 Å². The van der Waals surface area contributed by atoms with Crippen LogP contribution in [0.2, 0.25) is 0 Å². The van der Waals surface area contributed by atoms with Gasteiger partial charge >= 0.3 is 5.97 Å². The van der Waals surface area contributed by atoms with Gasteiger partial charge < -0.3 is 4.74 Å². The maximum atomic E-state index is 10.8. The van der Waals surface area contributed by atoms with Crippen molar-refractivity contribution in [2.24, 2.45) is 5.11 Å². The maximum Gasteiger partial charge on any atom is 0.315 e. The molecule has 1 heterocycles. The lowest BCUT2D eigenvalue weighted by atomic mass is 10.2. The first-order chi connectivity index (χ1) is 5.27. The number of azide groups is 1. The van der Waals surface area contributed by atoms with Crippen molar-refractivity contribution >= 4 is 5.97 Å². The average molecular weight is 153 g/mol. The highest BCUT2D eigenvalue weighted by Gasteiger charge is 2.31. The fourth-order valence-corrected chi connectivity index (χ4v) is 0.893. The molecule has 0 amide bonds. The molecular formula is C6H7N3O2. The first-order valence-corrected chi connectivity index (χ1v) is 3.15. The number of hydrogen-bond acceptors (Lipinski definition) is 3. The fraction of sp³-hybridized carbons (Fsp3) is 0.500. The molecule has 1 aliphatic rings. The predicted molar refractivity (Wildman–Crippen MR) is 37.6 cm³/mol. The van der Waals surface area contributed by atoms with Crippen LogP contribution in [0.1, 0.15) is 6.42 Å². The molecule has 0 unspecified atom stereocenters. The van der Waals surface area contributed by atoms with Crippen LogP contribution in [-0.2, 0) is 9.53 Å². The van der Waals surface area contributed by atoms with Crippen LogP contribution in [0.5, 0.6) is 0 Å². The predicted octanol–water partition coefficient (Wildman–Crippen LogP) is 1.17. The fourth-order valence-electron chi connectivity index (χ4n) is 0.893. The molecule has 1 fully saturated rings. The Labute approximate surface area is 63.3 Å². The summed E-state index contributed by atoms with van der Waals surface area (Å²) in [6.45, 7) is 3.46. The van der Waals surface area contributed by atoms with Crippen LogP contribution in [0.15, 0.2) is 17.8 Å². The van der Waals surface area contributed by atoms with Crippen molar-refractivity contribution in [3.8, 4) is 0 Å². The molecule has 5 nitrogen and oxygen atoms in total. The van der Waals surface area contributed by atoms with Crippen LogP contribution in [0.3, 0.4) is 0 Å². The summed E-state index contributed by atoms with van der Waals surface area (Å²) in [5, 5.41) is 3.26. The van der Waals surface area contributed by atoms with E-state index in [9.17, 15) is 4.79 Å². The second kappa shape index (κ2) is 3.07. The summed E-state index contributed by atoms with van der Waals surface area (Å²) in [4.78, 5) is 13.3. The first kappa shape index (κ1) is 7.63. The zero-order valence-corrected chi connectivity index (χ0v) is 5.80. The summed E-state index contributed by atoms with van der Waals surface area (Å²) < 4.78 is 4.75. The molecule has 5 heteroatoms. The van der Waals surface area contributed by atoms with Gasteiger partial charge in [0, 0.05) is 11.3 Å². The van der Waals surface area contributed by atoms with Crippen LogP contribution in [0, 0.1) is 0 Å². The molecule has 11 heavy (non-hydrogen) atoms. The van der Waals surface area contributed by atoms with Gasteiger partial charge in [0.15, 0.2) is 0 Å². The Kier molecular flexibility index (Phi) is 2.13. The van der Waals surface area contributed by atoms with Gasteiger partial charge in [0.1, 0.15) is 12.1 Å². The zero-order chi connectivity index (χ0) is 8.27. The van der Waals surface area contributed by atoms with Gasteiger partial charge in [-0.1, -0.05) is 17.8 Å². The second-order valence-electron chi connectivity index (χ2n) is 2.17. The molecule has 0 aromatic carbocycles. The van der Waals surface area contributed by atoms with E-state index in [-0.39, 0.29) is 6.10 Å². The van der Waals surface area contributed by atoms with Crippen LogP contribution in [0.25, 0.3) is 10.4 Å². The highest BCUT2D eigenvalue weighted by atomic mass is 16.6. The quantitative estimate of drug-likeness (QED) is 0.196. The van der Waals surface area contributed by atoms with E-state index in [4.69, 9.17) is 10.3 Å². The summed E-state index contributed by atoms with van der Waals surface area (Å²) in [6.07, 6.45) is 1.63. The summed E-state index contributed by atoms with van der Waals surface area (Å²) in [5.74, 6) is -0.465. The van der Waals surface area contributed by atoms with Gasteiger partial charge in [-0.15, -0.1) is 0 Å². The molecule has 1 rings (SSSR count). The topological polar surface area (TPSA) is 75.1 Å². The van der Waals surface area contributed by atoms with E-state index in [1.165, 1.54) is 6.08 Å². The number of carbonyl (C=O) groups excluding carboxylic acids is 1. The number of carbonyl (C=O) groups is 1. The van der Waals surface area contributed by atoms with Gasteiger partial charge in [0.2, 0.25) is 0 Å². The third kappa shape index (κ3) is 1.50. The van der Waals surface area contributed by atoms with Gasteiger partial charge in [0.05, 0.1) is 0 Å². The zero-order valence-electron chi connectivity index (χ0n) is 5.80. The smallest absolute Gasteiger partial charge is 0.315 e. The van der Waals surface area contributed by atoms with Crippen molar-refractivity contribution in [1.82, 2.24) is 0 Å². The van der Waals surface area contributed by atoms with Crippen molar-refractivity contribution in [2.75, 3.05) is 0 Å². The maximum absolute atomic E-state index is 10.8. The Balaban J connectivity index is 2.65. The van der Waals surface area contributed by atoms with E-state index in [2.05, 4.69) is 16.6 Å². The molecule has 0 bridgehead atoms. The molecule has 1 aliphatic heterocycles. The van der Waals surface area contributed by atoms with E-state index >= 15 is 0 Å². The lowest BCUT2D eigenvalue weighted by molar-refractivity contribution is -0.140. The molecule has 0 radical (unpaired) electrons. The largest absolute Gasteiger partial charge is 0.458 e. The van der Waals surface area contributed by atoms with Gasteiger partial charge in [-0.05, 0) is 5.53 Å². The lowest BCUT2D eigenvalue weighted by Gasteiger charge is -1.97. The van der Waals surface area contributed by atoms with Crippen molar-refractivity contribution in [3.63, 3.8) is 0 Å². The van der Waals surface area contributed by atoms with Gasteiger partial charge in [-0.2, -0.15) is 0 Å². The SMILES string of the molecule is C=C[C@H]1C[C@@H](N=[N+]=[N-])C(=O)O1. The Hall–Kier alpha value is -1.48. The monoisotopic (exact) mass is 153 g/mol.